The minimum absolute atomic E-state index is 0.279. The number of hydrogen-bond acceptors (Lipinski definition) is 6. The van der Waals surface area contributed by atoms with Crippen LogP contribution in [0.25, 0.3) is 10.1 Å². The molecule has 0 saturated heterocycles. The molecule has 7 nitrogen and oxygen atoms in total. The molecule has 3 rings (SSSR count). The predicted molar refractivity (Wildman–Crippen MR) is 109 cm³/mol. The molecule has 1 aromatic carbocycles. The highest BCUT2D eigenvalue weighted by atomic mass is 32.1. The van der Waals surface area contributed by atoms with Gasteiger partial charge in [0, 0.05) is 24.0 Å². The number of rotatable bonds is 4. The fourth-order valence-electron chi connectivity index (χ4n) is 2.40. The lowest BCUT2D eigenvalue weighted by molar-refractivity contribution is 0.0636. The summed E-state index contributed by atoms with van der Waals surface area (Å²) in [5.74, 6) is 0.848. The van der Waals surface area contributed by atoms with Crippen molar-refractivity contribution in [2.75, 3.05) is 12.4 Å². The van der Waals surface area contributed by atoms with E-state index in [0.29, 0.717) is 16.5 Å². The number of benzene rings is 1. The van der Waals surface area contributed by atoms with Crippen LogP contribution in [0, 0.1) is 0 Å². The van der Waals surface area contributed by atoms with E-state index in [1.807, 2.05) is 45.0 Å². The van der Waals surface area contributed by atoms with Gasteiger partial charge in [-0.1, -0.05) is 0 Å². The summed E-state index contributed by atoms with van der Waals surface area (Å²) < 4.78 is 12.1. The Kier molecular flexibility index (Phi) is 5.51. The number of ether oxygens (including phenoxy) is 2. The van der Waals surface area contributed by atoms with Gasteiger partial charge < -0.3 is 14.8 Å². The molecular formula is C20H21N3O4S. The molecule has 2 heterocycles. The lowest BCUT2D eigenvalue weighted by Gasteiger charge is -2.19. The summed E-state index contributed by atoms with van der Waals surface area (Å²) in [7, 11) is 1.55. The Labute approximate surface area is 166 Å². The summed E-state index contributed by atoms with van der Waals surface area (Å²) in [5.41, 5.74) is -0.277. The molecule has 2 amide bonds. The number of fused-ring (bicyclic) bond motifs is 1. The van der Waals surface area contributed by atoms with E-state index in [9.17, 15) is 9.59 Å². The Bertz CT molecular complexity index is 1020. The fraction of sp³-hybridized carbons (Fsp3) is 0.250. The van der Waals surface area contributed by atoms with Gasteiger partial charge in [0.05, 0.1) is 5.00 Å². The maximum atomic E-state index is 11.9. The smallest absolute Gasteiger partial charge is 0.412 e. The molecule has 2 N–H and O–H groups in total. The van der Waals surface area contributed by atoms with Crippen LogP contribution >= 0.6 is 11.3 Å². The first-order chi connectivity index (χ1) is 13.2. The second kappa shape index (κ2) is 7.85. The van der Waals surface area contributed by atoms with Crippen molar-refractivity contribution >= 4 is 38.4 Å². The van der Waals surface area contributed by atoms with Crippen molar-refractivity contribution in [1.29, 1.82) is 0 Å². The Morgan fingerprint density at radius 2 is 1.82 bits per heavy atom. The zero-order valence-electron chi connectivity index (χ0n) is 16.0. The highest BCUT2D eigenvalue weighted by molar-refractivity contribution is 7.23. The lowest BCUT2D eigenvalue weighted by atomic mass is 10.2. The van der Waals surface area contributed by atoms with E-state index in [1.165, 1.54) is 17.5 Å². The standard InChI is InChI=1S/C20H21N3O4S/c1-20(2,3)27-19(25)23-17-9-12-5-6-13(11-16(12)28-17)26-14-7-8-22-15(10-14)18(24)21-4/h5-11H,1-4H3,(H,21,24)(H,23,25). The van der Waals surface area contributed by atoms with Crippen molar-refractivity contribution < 1.29 is 19.1 Å². The molecule has 0 radical (unpaired) electrons. The van der Waals surface area contributed by atoms with Gasteiger partial charge in [0.15, 0.2) is 0 Å². The van der Waals surface area contributed by atoms with Crippen LogP contribution in [0.2, 0.25) is 0 Å². The lowest BCUT2D eigenvalue weighted by Crippen LogP contribution is -2.26. The zero-order valence-corrected chi connectivity index (χ0v) is 16.8. The number of carbonyl (C=O) groups is 2. The Morgan fingerprint density at radius 1 is 1.07 bits per heavy atom. The van der Waals surface area contributed by atoms with E-state index in [1.54, 1.807) is 19.2 Å². The molecular weight excluding hydrogens is 378 g/mol. The van der Waals surface area contributed by atoms with E-state index in [4.69, 9.17) is 9.47 Å². The summed E-state index contributed by atoms with van der Waals surface area (Å²) in [6.45, 7) is 5.45. The normalized spacial score (nSPS) is 11.1. The number of hydrogen-bond donors (Lipinski definition) is 2. The number of aromatic nitrogens is 1. The summed E-state index contributed by atoms with van der Waals surface area (Å²) in [5, 5.41) is 6.94. The zero-order chi connectivity index (χ0) is 20.3. The van der Waals surface area contributed by atoms with E-state index >= 15 is 0 Å². The molecule has 0 atom stereocenters. The van der Waals surface area contributed by atoms with Gasteiger partial charge in [-0.05, 0) is 56.5 Å². The Morgan fingerprint density at radius 3 is 2.54 bits per heavy atom. The molecule has 0 saturated carbocycles. The quantitative estimate of drug-likeness (QED) is 0.658. The third-order valence-electron chi connectivity index (χ3n) is 3.54. The molecule has 146 valence electrons. The van der Waals surface area contributed by atoms with E-state index in [-0.39, 0.29) is 11.6 Å². The summed E-state index contributed by atoms with van der Waals surface area (Å²) >= 11 is 1.42. The average Bonchev–Trinajstić information content (AvgIpc) is 3.00. The summed E-state index contributed by atoms with van der Waals surface area (Å²) in [6.07, 6.45) is 1.03. The minimum Gasteiger partial charge on any atom is -0.457 e. The van der Waals surface area contributed by atoms with Crippen LogP contribution in [0.5, 0.6) is 11.5 Å². The molecule has 0 fully saturated rings. The fourth-order valence-corrected chi connectivity index (χ4v) is 3.38. The first-order valence-electron chi connectivity index (χ1n) is 8.63. The Hall–Kier alpha value is -3.13. The summed E-state index contributed by atoms with van der Waals surface area (Å²) in [4.78, 5) is 27.6. The van der Waals surface area contributed by atoms with Crippen molar-refractivity contribution in [3.05, 3.63) is 48.3 Å². The van der Waals surface area contributed by atoms with Crippen molar-refractivity contribution in [3.8, 4) is 11.5 Å². The molecule has 28 heavy (non-hydrogen) atoms. The van der Waals surface area contributed by atoms with Gasteiger partial charge in [-0.3, -0.25) is 15.1 Å². The monoisotopic (exact) mass is 399 g/mol. The van der Waals surface area contributed by atoms with E-state index < -0.39 is 11.7 Å². The van der Waals surface area contributed by atoms with Gasteiger partial charge in [-0.15, -0.1) is 11.3 Å². The molecule has 2 aromatic heterocycles. The predicted octanol–water partition coefficient (Wildman–Crippen LogP) is 4.80. The second-order valence-corrected chi connectivity index (χ2v) is 8.08. The van der Waals surface area contributed by atoms with Gasteiger partial charge >= 0.3 is 6.09 Å². The minimum atomic E-state index is -0.556. The SMILES string of the molecule is CNC(=O)c1cc(Oc2ccc3cc(NC(=O)OC(C)(C)C)sc3c2)ccn1. The number of nitrogens with zero attached hydrogens (tertiary/aromatic N) is 1. The number of pyridine rings is 1. The molecule has 0 aliphatic rings. The van der Waals surface area contributed by atoms with Gasteiger partial charge in [0.25, 0.3) is 5.91 Å². The van der Waals surface area contributed by atoms with Gasteiger partial charge in [-0.25, -0.2) is 4.79 Å². The second-order valence-electron chi connectivity index (χ2n) is 7.00. The van der Waals surface area contributed by atoms with Gasteiger partial charge in [-0.2, -0.15) is 0 Å². The van der Waals surface area contributed by atoms with E-state index in [0.717, 1.165) is 10.1 Å². The van der Waals surface area contributed by atoms with Crippen molar-refractivity contribution in [2.24, 2.45) is 0 Å². The maximum absolute atomic E-state index is 11.9. The van der Waals surface area contributed by atoms with Crippen LogP contribution < -0.4 is 15.4 Å². The molecule has 0 aliphatic carbocycles. The van der Waals surface area contributed by atoms with Crippen LogP contribution in [-0.2, 0) is 4.74 Å². The number of thiophene rings is 1. The Balaban J connectivity index is 1.76. The third-order valence-corrected chi connectivity index (χ3v) is 4.56. The largest absolute Gasteiger partial charge is 0.457 e. The van der Waals surface area contributed by atoms with Crippen LogP contribution in [0.1, 0.15) is 31.3 Å². The first-order valence-corrected chi connectivity index (χ1v) is 9.45. The van der Waals surface area contributed by atoms with E-state index in [2.05, 4.69) is 15.6 Å². The maximum Gasteiger partial charge on any atom is 0.412 e. The number of nitrogens with one attached hydrogen (secondary N) is 2. The van der Waals surface area contributed by atoms with Gasteiger partial charge in [0.2, 0.25) is 0 Å². The number of carbonyl (C=O) groups excluding carboxylic acids is 2. The van der Waals surface area contributed by atoms with Crippen LogP contribution in [-0.4, -0.2) is 29.6 Å². The highest BCUT2D eigenvalue weighted by Gasteiger charge is 2.17. The molecule has 3 aromatic rings. The molecule has 8 heteroatoms. The summed E-state index contributed by atoms with van der Waals surface area (Å²) in [6, 6.07) is 10.7. The molecule has 0 bridgehead atoms. The van der Waals surface area contributed by atoms with Crippen LogP contribution in [0.4, 0.5) is 9.80 Å². The molecule has 0 unspecified atom stereocenters. The van der Waals surface area contributed by atoms with Crippen LogP contribution in [0.15, 0.2) is 42.6 Å². The van der Waals surface area contributed by atoms with Gasteiger partial charge in [0.1, 0.15) is 22.8 Å². The molecule has 0 aliphatic heterocycles. The third kappa shape index (κ3) is 4.98. The topological polar surface area (TPSA) is 89.6 Å². The highest BCUT2D eigenvalue weighted by Crippen LogP contribution is 2.34. The first kappa shape index (κ1) is 19.6. The molecule has 0 spiro atoms. The van der Waals surface area contributed by atoms with Crippen LogP contribution in [0.3, 0.4) is 0 Å². The van der Waals surface area contributed by atoms with Crippen molar-refractivity contribution in [1.82, 2.24) is 10.3 Å². The average molecular weight is 399 g/mol. The van der Waals surface area contributed by atoms with Crippen molar-refractivity contribution in [2.45, 2.75) is 26.4 Å². The van der Waals surface area contributed by atoms with Crippen molar-refractivity contribution in [3.63, 3.8) is 0 Å². The number of anilines is 1. The number of amides is 2.